The van der Waals surface area contributed by atoms with Crippen molar-refractivity contribution >= 4 is 17.2 Å². The van der Waals surface area contributed by atoms with Crippen molar-refractivity contribution in [3.63, 3.8) is 0 Å². The van der Waals surface area contributed by atoms with E-state index >= 15 is 0 Å². The highest BCUT2D eigenvalue weighted by molar-refractivity contribution is 7.13. The SMILES string of the molecule is Cn1c(C(=O)N[C@H]2CC[C@H](CCN3CCc4nc(OCC(C)(F)F)sc4CC3)CC2)cccc1=O. The van der Waals surface area contributed by atoms with Gasteiger partial charge >= 0.3 is 0 Å². The van der Waals surface area contributed by atoms with Gasteiger partial charge in [0.2, 0.25) is 0 Å². The van der Waals surface area contributed by atoms with Crippen molar-refractivity contribution in [2.45, 2.75) is 63.8 Å². The standard InChI is InChI=1S/C25H34F2N4O3S/c1-25(26,27)16-34-24-29-19-11-14-31(15-12-21(19)35-24)13-10-17-6-8-18(9-7-17)28-23(33)20-4-3-5-22(32)30(20)2/h3-5,17-18H,6-16H2,1-2H3,(H,28,33)/t17-,18-. The first-order chi connectivity index (χ1) is 16.7. The quantitative estimate of drug-likeness (QED) is 0.589. The molecule has 1 aliphatic carbocycles. The zero-order valence-corrected chi connectivity index (χ0v) is 21.2. The number of fused-ring (bicyclic) bond motifs is 1. The zero-order valence-electron chi connectivity index (χ0n) is 20.4. The largest absolute Gasteiger partial charge is 0.464 e. The molecule has 2 aromatic heterocycles. The number of alkyl halides is 2. The van der Waals surface area contributed by atoms with Crippen LogP contribution in [0.5, 0.6) is 5.19 Å². The van der Waals surface area contributed by atoms with Gasteiger partial charge in [0, 0.05) is 50.5 Å². The summed E-state index contributed by atoms with van der Waals surface area (Å²) < 4.78 is 32.6. The molecule has 1 fully saturated rings. The Morgan fingerprint density at radius 1 is 1.23 bits per heavy atom. The summed E-state index contributed by atoms with van der Waals surface area (Å²) in [5.74, 6) is -2.39. The molecule has 0 saturated heterocycles. The number of carbonyl (C=O) groups is 1. The Labute approximate surface area is 208 Å². The van der Waals surface area contributed by atoms with E-state index in [1.807, 2.05) is 0 Å². The average molecular weight is 509 g/mol. The Balaban J connectivity index is 1.17. The highest BCUT2D eigenvalue weighted by atomic mass is 32.1. The topological polar surface area (TPSA) is 76.5 Å². The summed E-state index contributed by atoms with van der Waals surface area (Å²) in [6.45, 7) is 3.11. The molecule has 1 N–H and O–H groups in total. The number of hydrogen-bond acceptors (Lipinski definition) is 6. The fourth-order valence-electron chi connectivity index (χ4n) is 4.87. The molecule has 35 heavy (non-hydrogen) atoms. The second-order valence-electron chi connectivity index (χ2n) is 9.84. The van der Waals surface area contributed by atoms with Crippen molar-refractivity contribution in [2.75, 3.05) is 26.2 Å². The number of hydrogen-bond donors (Lipinski definition) is 1. The molecule has 0 spiro atoms. The molecule has 10 heteroatoms. The molecule has 7 nitrogen and oxygen atoms in total. The lowest BCUT2D eigenvalue weighted by Gasteiger charge is -2.31. The summed E-state index contributed by atoms with van der Waals surface area (Å²) in [6.07, 6.45) is 6.91. The van der Waals surface area contributed by atoms with Crippen LogP contribution in [0.2, 0.25) is 0 Å². The molecule has 0 radical (unpaired) electrons. The summed E-state index contributed by atoms with van der Waals surface area (Å²) in [7, 11) is 1.62. The Bertz CT molecular complexity index is 1050. The van der Waals surface area contributed by atoms with Crippen molar-refractivity contribution in [3.8, 4) is 5.19 Å². The molecule has 0 unspecified atom stereocenters. The van der Waals surface area contributed by atoms with E-state index in [4.69, 9.17) is 4.74 Å². The molecule has 1 aliphatic heterocycles. The lowest BCUT2D eigenvalue weighted by atomic mass is 9.84. The van der Waals surface area contributed by atoms with Gasteiger partial charge in [-0.1, -0.05) is 17.4 Å². The maximum absolute atomic E-state index is 13.0. The minimum Gasteiger partial charge on any atom is -0.464 e. The van der Waals surface area contributed by atoms with Crippen molar-refractivity contribution in [1.82, 2.24) is 19.8 Å². The van der Waals surface area contributed by atoms with Crippen LogP contribution < -0.4 is 15.6 Å². The van der Waals surface area contributed by atoms with Crippen LogP contribution in [0.25, 0.3) is 0 Å². The lowest BCUT2D eigenvalue weighted by molar-refractivity contribution is -0.0230. The number of halogens is 2. The van der Waals surface area contributed by atoms with Gasteiger partial charge in [0.1, 0.15) is 5.69 Å². The number of nitrogens with zero attached hydrogens (tertiary/aromatic N) is 3. The lowest BCUT2D eigenvalue weighted by Crippen LogP contribution is -2.40. The Kier molecular flexibility index (Phi) is 8.21. The van der Waals surface area contributed by atoms with Crippen molar-refractivity contribution in [3.05, 3.63) is 44.8 Å². The van der Waals surface area contributed by atoms with Gasteiger partial charge in [0.15, 0.2) is 6.61 Å². The smallest absolute Gasteiger partial charge is 0.278 e. The van der Waals surface area contributed by atoms with Gasteiger partial charge in [-0.2, -0.15) is 0 Å². The first-order valence-electron chi connectivity index (χ1n) is 12.4. The van der Waals surface area contributed by atoms with Crippen LogP contribution in [0, 0.1) is 5.92 Å². The maximum atomic E-state index is 13.0. The van der Waals surface area contributed by atoms with E-state index < -0.39 is 12.5 Å². The van der Waals surface area contributed by atoms with Crippen molar-refractivity contribution < 1.29 is 18.3 Å². The fraction of sp³-hybridized carbons (Fsp3) is 0.640. The number of nitrogens with one attached hydrogen (secondary N) is 1. The normalized spacial score (nSPS) is 21.3. The van der Waals surface area contributed by atoms with E-state index in [0.29, 0.717) is 16.8 Å². The van der Waals surface area contributed by atoms with Crippen LogP contribution in [0.3, 0.4) is 0 Å². The average Bonchev–Trinajstić information content (AvgIpc) is 3.12. The predicted molar refractivity (Wildman–Crippen MR) is 132 cm³/mol. The Morgan fingerprint density at radius 3 is 2.71 bits per heavy atom. The minimum atomic E-state index is -2.85. The van der Waals surface area contributed by atoms with Crippen LogP contribution in [0.1, 0.15) is 60.1 Å². The molecule has 4 rings (SSSR count). The van der Waals surface area contributed by atoms with E-state index in [0.717, 1.165) is 82.1 Å². The molecule has 0 atom stereocenters. The number of pyridine rings is 1. The van der Waals surface area contributed by atoms with Gasteiger partial charge in [-0.25, -0.2) is 13.8 Å². The molecule has 0 aromatic carbocycles. The van der Waals surface area contributed by atoms with Crippen LogP contribution in [-0.2, 0) is 19.9 Å². The second-order valence-corrected chi connectivity index (χ2v) is 10.9. The van der Waals surface area contributed by atoms with Crippen molar-refractivity contribution in [2.24, 2.45) is 13.0 Å². The molecule has 1 saturated carbocycles. The summed E-state index contributed by atoms with van der Waals surface area (Å²) >= 11 is 1.40. The number of rotatable bonds is 8. The van der Waals surface area contributed by atoms with E-state index in [2.05, 4.69) is 15.2 Å². The van der Waals surface area contributed by atoms with Crippen LogP contribution in [0.4, 0.5) is 8.78 Å². The van der Waals surface area contributed by atoms with Crippen molar-refractivity contribution in [1.29, 1.82) is 0 Å². The first kappa shape index (κ1) is 25.8. The molecular weight excluding hydrogens is 474 g/mol. The third-order valence-electron chi connectivity index (χ3n) is 6.98. The third-order valence-corrected chi connectivity index (χ3v) is 8.05. The van der Waals surface area contributed by atoms with Gasteiger partial charge in [0.05, 0.1) is 5.69 Å². The van der Waals surface area contributed by atoms with Gasteiger partial charge in [-0.15, -0.1) is 0 Å². The summed E-state index contributed by atoms with van der Waals surface area (Å²) in [4.78, 5) is 32.4. The predicted octanol–water partition coefficient (Wildman–Crippen LogP) is 3.66. The second kappa shape index (κ2) is 11.2. The van der Waals surface area contributed by atoms with Gasteiger partial charge in [-0.3, -0.25) is 9.59 Å². The molecule has 0 bridgehead atoms. The molecule has 192 valence electrons. The molecular formula is C25H34F2N4O3S. The number of thiazole rings is 1. The zero-order chi connectivity index (χ0) is 25.0. The molecule has 3 heterocycles. The van der Waals surface area contributed by atoms with Crippen LogP contribution >= 0.6 is 11.3 Å². The minimum absolute atomic E-state index is 0.151. The highest BCUT2D eigenvalue weighted by Gasteiger charge is 2.26. The van der Waals surface area contributed by atoms with Crippen LogP contribution in [0.15, 0.2) is 23.0 Å². The monoisotopic (exact) mass is 508 g/mol. The van der Waals surface area contributed by atoms with E-state index in [1.54, 1.807) is 19.2 Å². The Morgan fingerprint density at radius 2 is 1.97 bits per heavy atom. The highest BCUT2D eigenvalue weighted by Crippen LogP contribution is 2.30. The van der Waals surface area contributed by atoms with E-state index in [9.17, 15) is 18.4 Å². The fourth-order valence-corrected chi connectivity index (χ4v) is 5.81. The number of carbonyl (C=O) groups excluding carboxylic acids is 1. The maximum Gasteiger partial charge on any atom is 0.278 e. The summed E-state index contributed by atoms with van der Waals surface area (Å²) in [5, 5.41) is 3.45. The summed E-state index contributed by atoms with van der Waals surface area (Å²) in [6, 6.07) is 4.89. The van der Waals surface area contributed by atoms with Crippen LogP contribution in [-0.4, -0.2) is 58.6 Å². The third kappa shape index (κ3) is 7.10. The molecule has 2 aliphatic rings. The van der Waals surface area contributed by atoms with Gasteiger partial charge < -0.3 is 19.5 Å². The molecule has 1 amide bonds. The van der Waals surface area contributed by atoms with E-state index in [1.165, 1.54) is 22.0 Å². The van der Waals surface area contributed by atoms with Gasteiger partial charge in [-0.05, 0) is 57.1 Å². The number of ether oxygens (including phenoxy) is 1. The molecule has 2 aromatic rings. The van der Waals surface area contributed by atoms with E-state index in [-0.39, 0.29) is 17.5 Å². The first-order valence-corrected chi connectivity index (χ1v) is 13.2. The summed E-state index contributed by atoms with van der Waals surface area (Å²) in [5.41, 5.74) is 1.19. The Hall–Kier alpha value is -2.33. The number of amides is 1. The number of aromatic nitrogens is 2. The van der Waals surface area contributed by atoms with Gasteiger partial charge in [0.25, 0.3) is 22.6 Å².